The molecule has 0 saturated carbocycles. The van der Waals surface area contributed by atoms with Gasteiger partial charge in [-0.1, -0.05) is 153 Å². The molecule has 6 aromatic carbocycles. The minimum absolute atomic E-state index is 0.109. The summed E-state index contributed by atoms with van der Waals surface area (Å²) in [6, 6.07) is 58.2. The van der Waals surface area contributed by atoms with Gasteiger partial charge in [0.25, 0.3) is 0 Å². The topological polar surface area (TPSA) is 38.7 Å². The molecule has 51 heavy (non-hydrogen) atoms. The highest BCUT2D eigenvalue weighted by Gasteiger charge is 2.37. The lowest BCUT2D eigenvalue weighted by Gasteiger charge is -2.24. The molecular weight excluding hydrogens is 619 g/mol. The average Bonchev–Trinajstić information content (AvgIpc) is 3.44. The second kappa shape index (κ2) is 12.5. The van der Waals surface area contributed by atoms with E-state index in [1.54, 1.807) is 0 Å². The fourth-order valence-electron chi connectivity index (χ4n) is 7.63. The monoisotopic (exact) mass is 653 g/mol. The Morgan fingerprint density at radius 2 is 0.882 bits per heavy atom. The zero-order valence-corrected chi connectivity index (χ0v) is 28.6. The maximum absolute atomic E-state index is 5.21. The molecule has 0 radical (unpaired) electrons. The molecule has 3 heteroatoms. The van der Waals surface area contributed by atoms with Crippen LogP contribution in [0.1, 0.15) is 25.0 Å². The van der Waals surface area contributed by atoms with Gasteiger partial charge >= 0.3 is 0 Å². The van der Waals surface area contributed by atoms with Crippen LogP contribution in [0, 0.1) is 0 Å². The highest BCUT2D eigenvalue weighted by atomic mass is 14.9. The largest absolute Gasteiger partial charge is 0.265 e. The normalized spacial score (nSPS) is 12.7. The Balaban J connectivity index is 1.15. The number of pyridine rings is 1. The predicted molar refractivity (Wildman–Crippen MR) is 210 cm³/mol. The molecule has 0 aliphatic heterocycles. The lowest BCUT2D eigenvalue weighted by Crippen LogP contribution is -2.16. The minimum atomic E-state index is -0.109. The van der Waals surface area contributed by atoms with Crippen LogP contribution in [0.15, 0.2) is 176 Å². The molecule has 242 valence electrons. The summed E-state index contributed by atoms with van der Waals surface area (Å²) in [5.74, 6) is 0.693. The van der Waals surface area contributed by atoms with Crippen LogP contribution < -0.4 is 0 Å². The summed E-state index contributed by atoms with van der Waals surface area (Å²) in [5, 5.41) is 0. The van der Waals surface area contributed by atoms with Crippen molar-refractivity contribution >= 4 is 0 Å². The van der Waals surface area contributed by atoms with Crippen molar-refractivity contribution in [3.8, 4) is 78.4 Å². The van der Waals surface area contributed by atoms with Crippen LogP contribution in [0.2, 0.25) is 0 Å². The van der Waals surface area contributed by atoms with Gasteiger partial charge in [0.15, 0.2) is 5.82 Å². The Morgan fingerprint density at radius 1 is 0.373 bits per heavy atom. The standard InChI is InChI=1S/C48H35N3/c1-48(2)43-17-7-6-14-41(43)42-16-9-15-40(46(42)48)38-12-8-13-39(30-38)45-31-44(36-22-18-33(19-23-36)32-10-4-3-5-11-32)50-47(51-45)37-24-20-34(21-25-37)35-26-28-49-29-27-35/h3-31H,1-2H3. The van der Waals surface area contributed by atoms with Crippen LogP contribution in [0.4, 0.5) is 0 Å². The average molecular weight is 654 g/mol. The molecule has 0 N–H and O–H groups in total. The Kier molecular flexibility index (Phi) is 7.48. The Morgan fingerprint density at radius 3 is 1.63 bits per heavy atom. The molecule has 0 amide bonds. The maximum atomic E-state index is 5.21. The quantitative estimate of drug-likeness (QED) is 0.179. The Bertz CT molecular complexity index is 2420. The number of benzene rings is 6. The van der Waals surface area contributed by atoms with Crippen LogP contribution in [-0.2, 0) is 5.41 Å². The molecule has 2 aromatic heterocycles. The summed E-state index contributed by atoms with van der Waals surface area (Å²) >= 11 is 0. The third kappa shape index (κ3) is 5.53. The molecule has 2 heterocycles. The fourth-order valence-corrected chi connectivity index (χ4v) is 7.63. The first-order chi connectivity index (χ1) is 25.0. The van der Waals surface area contributed by atoms with Crippen molar-refractivity contribution in [2.45, 2.75) is 19.3 Å². The van der Waals surface area contributed by atoms with Crippen molar-refractivity contribution in [3.63, 3.8) is 0 Å². The van der Waals surface area contributed by atoms with Crippen molar-refractivity contribution in [2.24, 2.45) is 0 Å². The van der Waals surface area contributed by atoms with E-state index in [0.29, 0.717) is 5.82 Å². The van der Waals surface area contributed by atoms with Gasteiger partial charge in [0.05, 0.1) is 11.4 Å². The van der Waals surface area contributed by atoms with Crippen molar-refractivity contribution in [3.05, 3.63) is 187 Å². The molecule has 1 aliphatic rings. The molecular formula is C48H35N3. The maximum Gasteiger partial charge on any atom is 0.160 e. The van der Waals surface area contributed by atoms with E-state index in [1.165, 1.54) is 44.5 Å². The van der Waals surface area contributed by atoms with Gasteiger partial charge in [0.2, 0.25) is 0 Å². The van der Waals surface area contributed by atoms with Gasteiger partial charge in [0.1, 0.15) is 0 Å². The van der Waals surface area contributed by atoms with Crippen LogP contribution in [-0.4, -0.2) is 15.0 Å². The van der Waals surface area contributed by atoms with E-state index in [-0.39, 0.29) is 5.41 Å². The lowest BCUT2D eigenvalue weighted by atomic mass is 9.78. The van der Waals surface area contributed by atoms with Crippen molar-refractivity contribution < 1.29 is 0 Å². The first-order valence-corrected chi connectivity index (χ1v) is 17.4. The Labute approximate surface area is 299 Å². The summed E-state index contributed by atoms with van der Waals surface area (Å²) in [5.41, 5.74) is 17.2. The van der Waals surface area contributed by atoms with Gasteiger partial charge < -0.3 is 0 Å². The molecule has 0 atom stereocenters. The summed E-state index contributed by atoms with van der Waals surface area (Å²) in [4.78, 5) is 14.5. The first kappa shape index (κ1) is 30.6. The number of hydrogen-bond donors (Lipinski definition) is 0. The molecule has 0 bridgehead atoms. The SMILES string of the molecule is CC1(C)c2ccccc2-c2cccc(-c3cccc(-c4cc(-c5ccc(-c6ccccc6)cc5)nc(-c5ccc(-c6ccncc6)cc5)n4)c3)c21. The first-order valence-electron chi connectivity index (χ1n) is 17.4. The second-order valence-electron chi connectivity index (χ2n) is 13.7. The number of aromatic nitrogens is 3. The lowest BCUT2D eigenvalue weighted by molar-refractivity contribution is 0.662. The van der Waals surface area contributed by atoms with E-state index in [4.69, 9.17) is 9.97 Å². The van der Waals surface area contributed by atoms with Crippen molar-refractivity contribution in [1.29, 1.82) is 0 Å². The molecule has 3 nitrogen and oxygen atoms in total. The van der Waals surface area contributed by atoms with E-state index in [0.717, 1.165) is 39.2 Å². The van der Waals surface area contributed by atoms with Crippen molar-refractivity contribution in [2.75, 3.05) is 0 Å². The third-order valence-corrected chi connectivity index (χ3v) is 10.2. The molecule has 8 aromatic rings. The van der Waals surface area contributed by atoms with E-state index in [1.807, 2.05) is 30.6 Å². The van der Waals surface area contributed by atoms with E-state index in [9.17, 15) is 0 Å². The number of hydrogen-bond acceptors (Lipinski definition) is 3. The zero-order valence-electron chi connectivity index (χ0n) is 28.6. The van der Waals surface area contributed by atoms with E-state index < -0.39 is 0 Å². The van der Waals surface area contributed by atoms with Gasteiger partial charge in [-0.2, -0.15) is 0 Å². The van der Waals surface area contributed by atoms with Crippen LogP contribution in [0.3, 0.4) is 0 Å². The van der Waals surface area contributed by atoms with Gasteiger partial charge in [0, 0.05) is 34.5 Å². The summed E-state index contributed by atoms with van der Waals surface area (Å²) in [6.07, 6.45) is 3.64. The van der Waals surface area contributed by atoms with Crippen LogP contribution in [0.5, 0.6) is 0 Å². The summed E-state index contributed by atoms with van der Waals surface area (Å²) in [6.45, 7) is 4.69. The summed E-state index contributed by atoms with van der Waals surface area (Å²) in [7, 11) is 0. The molecule has 9 rings (SSSR count). The minimum Gasteiger partial charge on any atom is -0.265 e. The van der Waals surface area contributed by atoms with Gasteiger partial charge in [-0.3, -0.25) is 4.98 Å². The molecule has 0 saturated heterocycles. The summed E-state index contributed by atoms with van der Waals surface area (Å²) < 4.78 is 0. The molecule has 1 aliphatic carbocycles. The number of fused-ring (bicyclic) bond motifs is 3. The van der Waals surface area contributed by atoms with Gasteiger partial charge in [-0.15, -0.1) is 0 Å². The second-order valence-corrected chi connectivity index (χ2v) is 13.7. The molecule has 0 unspecified atom stereocenters. The van der Waals surface area contributed by atoms with Crippen molar-refractivity contribution in [1.82, 2.24) is 15.0 Å². The van der Waals surface area contributed by atoms with Crippen LogP contribution >= 0.6 is 0 Å². The smallest absolute Gasteiger partial charge is 0.160 e. The fraction of sp³-hybridized carbons (Fsp3) is 0.0625. The number of nitrogens with zero attached hydrogens (tertiary/aromatic N) is 3. The van der Waals surface area contributed by atoms with Gasteiger partial charge in [-0.05, 0) is 79.9 Å². The van der Waals surface area contributed by atoms with E-state index in [2.05, 4.69) is 164 Å². The van der Waals surface area contributed by atoms with Crippen LogP contribution in [0.25, 0.3) is 78.4 Å². The number of rotatable bonds is 6. The molecule has 0 spiro atoms. The highest BCUT2D eigenvalue weighted by molar-refractivity contribution is 5.89. The third-order valence-electron chi connectivity index (χ3n) is 10.2. The predicted octanol–water partition coefficient (Wildman–Crippen LogP) is 12.2. The Hall–Kier alpha value is -6.45. The molecule has 0 fully saturated rings. The van der Waals surface area contributed by atoms with Gasteiger partial charge in [-0.25, -0.2) is 9.97 Å². The zero-order chi connectivity index (χ0) is 34.4. The highest BCUT2D eigenvalue weighted by Crippen LogP contribution is 2.52. The van der Waals surface area contributed by atoms with E-state index >= 15 is 0 Å².